The van der Waals surface area contributed by atoms with Gasteiger partial charge in [0.2, 0.25) is 5.88 Å². The monoisotopic (exact) mass is 285 g/mol. The van der Waals surface area contributed by atoms with Crippen LogP contribution in [0.5, 0.6) is 5.88 Å². The van der Waals surface area contributed by atoms with Crippen molar-refractivity contribution in [1.29, 1.82) is 0 Å². The molecule has 0 atom stereocenters. The number of aryl methyl sites for hydroxylation is 2. The van der Waals surface area contributed by atoms with Crippen LogP contribution in [-0.2, 0) is 12.8 Å². The molecule has 0 spiro atoms. The number of hydrogen-bond acceptors (Lipinski definition) is 3. The molecule has 1 aromatic heterocycles. The van der Waals surface area contributed by atoms with Gasteiger partial charge in [0, 0.05) is 11.8 Å². The summed E-state index contributed by atoms with van der Waals surface area (Å²) in [6.45, 7) is 2.46. The third kappa shape index (κ3) is 4.60. The number of ether oxygens (including phenoxy) is 1. The van der Waals surface area contributed by atoms with E-state index in [0.29, 0.717) is 18.9 Å². The summed E-state index contributed by atoms with van der Waals surface area (Å²) < 4.78 is 5.59. The maximum atomic E-state index is 11.1. The minimum atomic E-state index is -0.957. The predicted octanol–water partition coefficient (Wildman–Crippen LogP) is 3.35. The zero-order chi connectivity index (χ0) is 15.1. The quantitative estimate of drug-likeness (QED) is 0.792. The average molecular weight is 285 g/mol. The van der Waals surface area contributed by atoms with Gasteiger partial charge in [-0.1, -0.05) is 37.3 Å². The van der Waals surface area contributed by atoms with Crippen molar-refractivity contribution in [3.8, 4) is 5.88 Å². The van der Waals surface area contributed by atoms with Crippen LogP contribution < -0.4 is 4.74 Å². The van der Waals surface area contributed by atoms with E-state index in [-0.39, 0.29) is 5.56 Å². The zero-order valence-corrected chi connectivity index (χ0v) is 12.1. The maximum absolute atomic E-state index is 11.1. The first-order chi connectivity index (χ1) is 10.2. The number of rotatable bonds is 7. The first kappa shape index (κ1) is 15.0. The van der Waals surface area contributed by atoms with E-state index in [9.17, 15) is 4.79 Å². The summed E-state index contributed by atoms with van der Waals surface area (Å²) in [6, 6.07) is 13.2. The Kier molecular flexibility index (Phi) is 5.32. The smallest absolute Gasteiger partial charge is 0.335 e. The third-order valence-electron chi connectivity index (χ3n) is 3.17. The van der Waals surface area contributed by atoms with Crippen molar-refractivity contribution < 1.29 is 14.6 Å². The number of aromatic nitrogens is 1. The van der Waals surface area contributed by atoms with Gasteiger partial charge in [0.15, 0.2) is 0 Å². The second-order valence-corrected chi connectivity index (χ2v) is 4.78. The van der Waals surface area contributed by atoms with Gasteiger partial charge in [-0.3, -0.25) is 0 Å². The van der Waals surface area contributed by atoms with E-state index in [1.54, 1.807) is 6.07 Å². The Bertz CT molecular complexity index is 596. The molecule has 0 radical (unpaired) electrons. The van der Waals surface area contributed by atoms with E-state index in [2.05, 4.69) is 17.1 Å². The Morgan fingerprint density at radius 2 is 2.00 bits per heavy atom. The van der Waals surface area contributed by atoms with Crippen molar-refractivity contribution >= 4 is 5.97 Å². The predicted molar refractivity (Wildman–Crippen MR) is 80.8 cm³/mol. The molecule has 0 fully saturated rings. The summed E-state index contributed by atoms with van der Waals surface area (Å²) in [5.41, 5.74) is 2.22. The van der Waals surface area contributed by atoms with Crippen LogP contribution in [0.1, 0.15) is 35.0 Å². The second kappa shape index (κ2) is 7.43. The minimum absolute atomic E-state index is 0.222. The molecule has 1 heterocycles. The molecule has 1 aromatic carbocycles. The van der Waals surface area contributed by atoms with E-state index in [0.717, 1.165) is 18.5 Å². The van der Waals surface area contributed by atoms with E-state index in [1.165, 1.54) is 11.6 Å². The fourth-order valence-electron chi connectivity index (χ4n) is 2.04. The average Bonchev–Trinajstić information content (AvgIpc) is 2.52. The van der Waals surface area contributed by atoms with E-state index in [4.69, 9.17) is 9.84 Å². The minimum Gasteiger partial charge on any atom is -0.478 e. The topological polar surface area (TPSA) is 59.4 Å². The van der Waals surface area contributed by atoms with Crippen LogP contribution in [0.4, 0.5) is 0 Å². The van der Waals surface area contributed by atoms with Crippen LogP contribution in [0, 0.1) is 0 Å². The normalized spacial score (nSPS) is 10.3. The van der Waals surface area contributed by atoms with Crippen LogP contribution in [0.2, 0.25) is 0 Å². The number of nitrogens with zero attached hydrogens (tertiary/aromatic N) is 1. The van der Waals surface area contributed by atoms with Crippen LogP contribution in [0.15, 0.2) is 42.5 Å². The molecule has 0 aliphatic rings. The van der Waals surface area contributed by atoms with Gasteiger partial charge in [0.25, 0.3) is 0 Å². The highest BCUT2D eigenvalue weighted by Crippen LogP contribution is 2.14. The fraction of sp³-hybridized carbons (Fsp3) is 0.294. The first-order valence-corrected chi connectivity index (χ1v) is 7.10. The number of hydrogen-bond donors (Lipinski definition) is 1. The van der Waals surface area contributed by atoms with E-state index < -0.39 is 5.97 Å². The lowest BCUT2D eigenvalue weighted by Crippen LogP contribution is -2.05. The SMILES string of the molecule is CCc1cc(C(=O)O)cc(OCCCc2ccccc2)n1. The standard InChI is InChI=1S/C17H19NO3/c1-2-15-11-14(17(19)20)12-16(18-15)21-10-6-9-13-7-4-3-5-8-13/h3-5,7-8,11-12H,2,6,9-10H2,1H3,(H,19,20). The summed E-state index contributed by atoms with van der Waals surface area (Å²) in [5.74, 6) is -0.568. The summed E-state index contributed by atoms with van der Waals surface area (Å²) >= 11 is 0. The highest BCUT2D eigenvalue weighted by atomic mass is 16.5. The van der Waals surface area contributed by atoms with Gasteiger partial charge in [-0.05, 0) is 30.9 Å². The van der Waals surface area contributed by atoms with Gasteiger partial charge in [-0.2, -0.15) is 0 Å². The lowest BCUT2D eigenvalue weighted by atomic mass is 10.1. The van der Waals surface area contributed by atoms with Crippen molar-refractivity contribution in [3.63, 3.8) is 0 Å². The number of carboxylic acid groups (broad SMARTS) is 1. The molecule has 2 rings (SSSR count). The lowest BCUT2D eigenvalue weighted by Gasteiger charge is -2.08. The molecule has 4 nitrogen and oxygen atoms in total. The summed E-state index contributed by atoms with van der Waals surface area (Å²) in [7, 11) is 0. The molecule has 110 valence electrons. The van der Waals surface area contributed by atoms with Crippen LogP contribution >= 0.6 is 0 Å². The van der Waals surface area contributed by atoms with Crippen molar-refractivity contribution in [2.24, 2.45) is 0 Å². The van der Waals surface area contributed by atoms with Gasteiger partial charge >= 0.3 is 5.97 Å². The van der Waals surface area contributed by atoms with Gasteiger partial charge in [0.05, 0.1) is 12.2 Å². The number of carboxylic acids is 1. The van der Waals surface area contributed by atoms with Crippen molar-refractivity contribution in [1.82, 2.24) is 4.98 Å². The molecule has 0 saturated heterocycles. The third-order valence-corrected chi connectivity index (χ3v) is 3.17. The molecule has 4 heteroatoms. The Balaban J connectivity index is 1.90. The number of pyridine rings is 1. The summed E-state index contributed by atoms with van der Waals surface area (Å²) in [5, 5.41) is 9.07. The molecular weight excluding hydrogens is 266 g/mol. The lowest BCUT2D eigenvalue weighted by molar-refractivity contribution is 0.0696. The van der Waals surface area contributed by atoms with E-state index in [1.807, 2.05) is 25.1 Å². The highest BCUT2D eigenvalue weighted by Gasteiger charge is 2.08. The summed E-state index contributed by atoms with van der Waals surface area (Å²) in [6.07, 6.45) is 2.48. The number of aromatic carboxylic acids is 1. The van der Waals surface area contributed by atoms with Crippen LogP contribution in [0.25, 0.3) is 0 Å². The zero-order valence-electron chi connectivity index (χ0n) is 12.1. The highest BCUT2D eigenvalue weighted by molar-refractivity contribution is 5.88. The molecule has 21 heavy (non-hydrogen) atoms. The molecule has 0 saturated carbocycles. The van der Waals surface area contributed by atoms with Gasteiger partial charge < -0.3 is 9.84 Å². The van der Waals surface area contributed by atoms with Gasteiger partial charge in [-0.15, -0.1) is 0 Å². The summed E-state index contributed by atoms with van der Waals surface area (Å²) in [4.78, 5) is 15.3. The fourth-order valence-corrected chi connectivity index (χ4v) is 2.04. The van der Waals surface area contributed by atoms with Gasteiger partial charge in [0.1, 0.15) is 0 Å². The van der Waals surface area contributed by atoms with Crippen molar-refractivity contribution in [2.45, 2.75) is 26.2 Å². The van der Waals surface area contributed by atoms with Gasteiger partial charge in [-0.25, -0.2) is 9.78 Å². The Morgan fingerprint density at radius 3 is 2.67 bits per heavy atom. The first-order valence-electron chi connectivity index (χ1n) is 7.10. The maximum Gasteiger partial charge on any atom is 0.335 e. The molecule has 2 aromatic rings. The molecule has 0 unspecified atom stereocenters. The van der Waals surface area contributed by atoms with Crippen LogP contribution in [0.3, 0.4) is 0 Å². The molecule has 0 bridgehead atoms. The van der Waals surface area contributed by atoms with Crippen molar-refractivity contribution in [2.75, 3.05) is 6.61 Å². The van der Waals surface area contributed by atoms with E-state index >= 15 is 0 Å². The number of benzene rings is 1. The van der Waals surface area contributed by atoms with Crippen molar-refractivity contribution in [3.05, 3.63) is 59.3 Å². The second-order valence-electron chi connectivity index (χ2n) is 4.78. The Labute approximate surface area is 124 Å². The molecular formula is C17H19NO3. The van der Waals surface area contributed by atoms with Crippen LogP contribution in [-0.4, -0.2) is 22.7 Å². The largest absolute Gasteiger partial charge is 0.478 e. The molecule has 0 aliphatic carbocycles. The Hall–Kier alpha value is -2.36. The molecule has 0 amide bonds. The number of carbonyl (C=O) groups is 1. The molecule has 1 N–H and O–H groups in total. The molecule has 0 aliphatic heterocycles. The Morgan fingerprint density at radius 1 is 1.24 bits per heavy atom.